The molecule has 5 N–H and O–H groups in total. The Hall–Kier alpha value is -1.31. The van der Waals surface area contributed by atoms with Gasteiger partial charge in [-0.25, -0.2) is 13.1 Å². The summed E-state index contributed by atoms with van der Waals surface area (Å²) in [6, 6.07) is 3.76. The molecule has 0 aromatic heterocycles. The van der Waals surface area contributed by atoms with Gasteiger partial charge in [-0.15, -0.1) is 0 Å². The van der Waals surface area contributed by atoms with Crippen LogP contribution in [0.1, 0.15) is 32.6 Å². The molecule has 1 aliphatic carbocycles. The van der Waals surface area contributed by atoms with E-state index >= 15 is 0 Å². The third-order valence-corrected chi connectivity index (χ3v) is 5.63. The number of hydrogen-bond acceptors (Lipinski definition) is 5. The number of aliphatic hydroxyl groups is 1. The van der Waals surface area contributed by atoms with Crippen LogP contribution in [0.4, 0.5) is 5.69 Å². The third kappa shape index (κ3) is 3.48. The Morgan fingerprint density at radius 2 is 2.19 bits per heavy atom. The molecule has 0 amide bonds. The number of phenolic OH excluding ortho intramolecular Hbond substituents is 1. The molecule has 2 unspecified atom stereocenters. The molecular weight excluding hydrogens is 292 g/mol. The van der Waals surface area contributed by atoms with Gasteiger partial charge < -0.3 is 15.9 Å². The number of rotatable bonds is 4. The van der Waals surface area contributed by atoms with E-state index in [1.807, 2.05) is 0 Å². The van der Waals surface area contributed by atoms with Crippen LogP contribution in [0.5, 0.6) is 5.75 Å². The molecule has 0 aliphatic heterocycles. The number of nitrogens with one attached hydrogen (secondary N) is 1. The second-order valence-corrected chi connectivity index (χ2v) is 7.65. The molecule has 1 fully saturated rings. The van der Waals surface area contributed by atoms with E-state index in [1.165, 1.54) is 18.2 Å². The lowest BCUT2D eigenvalue weighted by molar-refractivity contribution is 0.120. The van der Waals surface area contributed by atoms with E-state index in [2.05, 4.69) is 11.6 Å². The van der Waals surface area contributed by atoms with Crippen LogP contribution in [0, 0.1) is 5.92 Å². The van der Waals surface area contributed by atoms with Crippen molar-refractivity contribution in [3.8, 4) is 5.75 Å². The Morgan fingerprint density at radius 3 is 2.76 bits per heavy atom. The molecular formula is C14H22N2O4S. The SMILES string of the molecule is CC1CCCC(CO)(NS(=O)(=O)c2ccc(O)c(N)c2)C1. The van der Waals surface area contributed by atoms with E-state index in [9.17, 15) is 18.6 Å². The maximum absolute atomic E-state index is 12.5. The zero-order chi connectivity index (χ0) is 15.7. The normalized spacial score (nSPS) is 26.7. The highest BCUT2D eigenvalue weighted by atomic mass is 32.2. The molecule has 1 aliphatic rings. The van der Waals surface area contributed by atoms with Gasteiger partial charge in [-0.1, -0.05) is 19.8 Å². The van der Waals surface area contributed by atoms with E-state index in [0.29, 0.717) is 18.8 Å². The molecule has 7 heteroatoms. The zero-order valence-electron chi connectivity index (χ0n) is 12.0. The van der Waals surface area contributed by atoms with Crippen LogP contribution in [0.15, 0.2) is 23.1 Å². The second-order valence-electron chi connectivity index (χ2n) is 5.97. The quantitative estimate of drug-likeness (QED) is 0.492. The average Bonchev–Trinajstić information content (AvgIpc) is 2.41. The summed E-state index contributed by atoms with van der Waals surface area (Å²) in [6.45, 7) is 1.82. The van der Waals surface area contributed by atoms with Gasteiger partial charge in [0.15, 0.2) is 0 Å². The summed E-state index contributed by atoms with van der Waals surface area (Å²) in [5, 5.41) is 19.1. The summed E-state index contributed by atoms with van der Waals surface area (Å²) in [6.07, 6.45) is 3.13. The van der Waals surface area contributed by atoms with Crippen LogP contribution >= 0.6 is 0 Å². The van der Waals surface area contributed by atoms with Crippen molar-refractivity contribution >= 4 is 15.7 Å². The number of sulfonamides is 1. The minimum atomic E-state index is -3.79. The Balaban J connectivity index is 2.28. The molecule has 0 heterocycles. The molecule has 1 aromatic carbocycles. The number of aliphatic hydroxyl groups excluding tert-OH is 1. The summed E-state index contributed by atoms with van der Waals surface area (Å²) in [4.78, 5) is -0.0103. The number of nitrogens with two attached hydrogens (primary N) is 1. The van der Waals surface area contributed by atoms with Gasteiger partial charge in [0, 0.05) is 0 Å². The first-order valence-corrected chi connectivity index (χ1v) is 8.50. The van der Waals surface area contributed by atoms with Crippen LogP contribution in [0.2, 0.25) is 0 Å². The van der Waals surface area contributed by atoms with Gasteiger partial charge in [0.05, 0.1) is 22.7 Å². The number of aromatic hydroxyl groups is 1. The molecule has 21 heavy (non-hydrogen) atoms. The maximum atomic E-state index is 12.5. The second kappa shape index (κ2) is 5.82. The Bertz CT molecular complexity index is 617. The van der Waals surface area contributed by atoms with E-state index in [1.54, 1.807) is 0 Å². The van der Waals surface area contributed by atoms with Crippen LogP contribution < -0.4 is 10.5 Å². The Labute approximate surface area is 125 Å². The maximum Gasteiger partial charge on any atom is 0.241 e. The highest BCUT2D eigenvalue weighted by Gasteiger charge is 2.38. The minimum absolute atomic E-state index is 0.00735. The first-order valence-electron chi connectivity index (χ1n) is 7.01. The van der Waals surface area contributed by atoms with E-state index < -0.39 is 15.6 Å². The summed E-state index contributed by atoms with van der Waals surface area (Å²) in [5.41, 5.74) is 4.74. The fourth-order valence-electron chi connectivity index (χ4n) is 2.97. The first-order chi connectivity index (χ1) is 9.78. The summed E-state index contributed by atoms with van der Waals surface area (Å²) < 4.78 is 27.6. The van der Waals surface area contributed by atoms with Crippen molar-refractivity contribution in [1.82, 2.24) is 4.72 Å². The molecule has 2 atom stereocenters. The minimum Gasteiger partial charge on any atom is -0.506 e. The highest BCUT2D eigenvalue weighted by molar-refractivity contribution is 7.89. The molecule has 118 valence electrons. The molecule has 0 radical (unpaired) electrons. The van der Waals surface area contributed by atoms with Crippen molar-refractivity contribution in [1.29, 1.82) is 0 Å². The number of anilines is 1. The summed E-state index contributed by atoms with van der Waals surface area (Å²) >= 11 is 0. The largest absolute Gasteiger partial charge is 0.506 e. The lowest BCUT2D eigenvalue weighted by atomic mass is 9.78. The molecule has 1 aromatic rings. The predicted octanol–water partition coefficient (Wildman–Crippen LogP) is 1.19. The number of nitrogen functional groups attached to an aromatic ring is 1. The van der Waals surface area contributed by atoms with E-state index in [-0.39, 0.29) is 22.9 Å². The van der Waals surface area contributed by atoms with Crippen LogP contribution in [-0.4, -0.2) is 30.8 Å². The zero-order valence-corrected chi connectivity index (χ0v) is 12.9. The van der Waals surface area contributed by atoms with Gasteiger partial charge in [0.1, 0.15) is 5.75 Å². The number of phenols is 1. The lowest BCUT2D eigenvalue weighted by Crippen LogP contribution is -2.53. The molecule has 2 rings (SSSR count). The van der Waals surface area contributed by atoms with Gasteiger partial charge >= 0.3 is 0 Å². The van der Waals surface area contributed by atoms with E-state index in [4.69, 9.17) is 5.73 Å². The van der Waals surface area contributed by atoms with Gasteiger partial charge in [-0.2, -0.15) is 0 Å². The Kier molecular flexibility index (Phi) is 4.46. The predicted molar refractivity (Wildman–Crippen MR) is 80.3 cm³/mol. The van der Waals surface area contributed by atoms with Crippen molar-refractivity contribution in [3.05, 3.63) is 18.2 Å². The summed E-state index contributed by atoms with van der Waals surface area (Å²) in [7, 11) is -3.79. The fourth-order valence-corrected chi connectivity index (χ4v) is 4.44. The van der Waals surface area contributed by atoms with Crippen molar-refractivity contribution in [3.63, 3.8) is 0 Å². The van der Waals surface area contributed by atoms with Gasteiger partial charge in [-0.05, 0) is 37.0 Å². The number of hydrogen-bond donors (Lipinski definition) is 4. The molecule has 0 saturated heterocycles. The van der Waals surface area contributed by atoms with Crippen LogP contribution in [0.3, 0.4) is 0 Å². The first kappa shape index (κ1) is 16.1. The fraction of sp³-hybridized carbons (Fsp3) is 0.571. The van der Waals surface area contributed by atoms with Crippen molar-refractivity contribution in [2.45, 2.75) is 43.0 Å². The van der Waals surface area contributed by atoms with Crippen molar-refractivity contribution in [2.75, 3.05) is 12.3 Å². The van der Waals surface area contributed by atoms with Crippen molar-refractivity contribution in [2.24, 2.45) is 5.92 Å². The van der Waals surface area contributed by atoms with E-state index in [0.717, 1.165) is 12.8 Å². The molecule has 0 spiro atoms. The smallest absolute Gasteiger partial charge is 0.241 e. The Morgan fingerprint density at radius 1 is 1.48 bits per heavy atom. The molecule has 6 nitrogen and oxygen atoms in total. The number of benzene rings is 1. The monoisotopic (exact) mass is 314 g/mol. The van der Waals surface area contributed by atoms with Gasteiger partial charge in [-0.3, -0.25) is 0 Å². The van der Waals surface area contributed by atoms with Gasteiger partial charge in [0.2, 0.25) is 10.0 Å². The highest BCUT2D eigenvalue weighted by Crippen LogP contribution is 2.33. The van der Waals surface area contributed by atoms with Crippen LogP contribution in [0.25, 0.3) is 0 Å². The molecule has 0 bridgehead atoms. The van der Waals surface area contributed by atoms with Crippen LogP contribution in [-0.2, 0) is 10.0 Å². The summed E-state index contributed by atoms with van der Waals surface area (Å²) in [5.74, 6) is 0.204. The molecule has 1 saturated carbocycles. The lowest BCUT2D eigenvalue weighted by Gasteiger charge is -2.39. The average molecular weight is 314 g/mol. The topological polar surface area (TPSA) is 113 Å². The van der Waals surface area contributed by atoms with Gasteiger partial charge in [0.25, 0.3) is 0 Å². The third-order valence-electron chi connectivity index (χ3n) is 4.05. The standard InChI is InChI=1S/C14H22N2O4S/c1-10-3-2-6-14(8-10,9-17)16-21(19,20)11-4-5-13(18)12(15)7-11/h4-5,7,10,16-18H,2-3,6,8-9,15H2,1H3. The van der Waals surface area contributed by atoms with Crippen molar-refractivity contribution < 1.29 is 18.6 Å².